The predicted octanol–water partition coefficient (Wildman–Crippen LogP) is 0.965. The molecule has 0 aliphatic carbocycles. The summed E-state index contributed by atoms with van der Waals surface area (Å²) >= 11 is 0. The van der Waals surface area contributed by atoms with Gasteiger partial charge in [-0.05, 0) is 18.9 Å². The molecule has 0 bridgehead atoms. The minimum absolute atomic E-state index is 0.0305. The van der Waals surface area contributed by atoms with Crippen LogP contribution in [0.25, 0.3) is 0 Å². The molecule has 1 aromatic rings. The summed E-state index contributed by atoms with van der Waals surface area (Å²) < 4.78 is 44.5. The molecule has 1 aromatic heterocycles. The van der Waals surface area contributed by atoms with Gasteiger partial charge in [0, 0.05) is 38.4 Å². The van der Waals surface area contributed by atoms with Gasteiger partial charge >= 0.3 is 6.18 Å². The van der Waals surface area contributed by atoms with Gasteiger partial charge in [-0.3, -0.25) is 14.4 Å². The summed E-state index contributed by atoms with van der Waals surface area (Å²) in [5.41, 5.74) is -1.67. The van der Waals surface area contributed by atoms with Crippen molar-refractivity contribution in [1.82, 2.24) is 14.4 Å². The number of amides is 2. The first-order valence-electron chi connectivity index (χ1n) is 9.17. The van der Waals surface area contributed by atoms with Crippen LogP contribution in [-0.2, 0) is 27.0 Å². The molecule has 0 saturated carbocycles. The quantitative estimate of drug-likeness (QED) is 0.757. The summed E-state index contributed by atoms with van der Waals surface area (Å²) in [4.78, 5) is 40.2. The van der Waals surface area contributed by atoms with E-state index < -0.39 is 29.8 Å². The van der Waals surface area contributed by atoms with E-state index in [0.717, 1.165) is 10.6 Å². The fourth-order valence-electron chi connectivity index (χ4n) is 3.52. The largest absolute Gasteiger partial charge is 0.417 e. The second kappa shape index (κ2) is 8.34. The van der Waals surface area contributed by atoms with Crippen molar-refractivity contribution >= 4 is 11.8 Å². The number of rotatable bonds is 3. The molecule has 28 heavy (non-hydrogen) atoms. The van der Waals surface area contributed by atoms with E-state index in [9.17, 15) is 27.6 Å². The minimum Gasteiger partial charge on any atom is -0.378 e. The molecule has 0 spiro atoms. The van der Waals surface area contributed by atoms with Crippen molar-refractivity contribution in [1.29, 1.82) is 0 Å². The van der Waals surface area contributed by atoms with E-state index in [1.165, 1.54) is 4.90 Å². The van der Waals surface area contributed by atoms with Gasteiger partial charge in [-0.15, -0.1) is 0 Å². The topological polar surface area (TPSA) is 71.9 Å². The number of carbonyl (C=O) groups is 2. The molecule has 0 radical (unpaired) electrons. The number of hydrogen-bond donors (Lipinski definition) is 0. The van der Waals surface area contributed by atoms with Crippen molar-refractivity contribution in [2.24, 2.45) is 5.92 Å². The third kappa shape index (κ3) is 4.73. The molecule has 2 amide bonds. The molecular formula is C18H22F3N3O4. The van der Waals surface area contributed by atoms with E-state index in [1.807, 2.05) is 0 Å². The van der Waals surface area contributed by atoms with E-state index in [4.69, 9.17) is 4.74 Å². The van der Waals surface area contributed by atoms with Crippen LogP contribution < -0.4 is 5.56 Å². The van der Waals surface area contributed by atoms with E-state index in [-0.39, 0.29) is 18.4 Å². The summed E-state index contributed by atoms with van der Waals surface area (Å²) in [6.07, 6.45) is -2.66. The Bertz CT molecular complexity index is 787. The zero-order valence-electron chi connectivity index (χ0n) is 15.3. The van der Waals surface area contributed by atoms with Crippen molar-refractivity contribution in [3.63, 3.8) is 0 Å². The lowest BCUT2D eigenvalue weighted by molar-refractivity contribution is -0.144. The Morgan fingerprint density at radius 1 is 1.11 bits per heavy atom. The first-order valence-corrected chi connectivity index (χ1v) is 9.17. The van der Waals surface area contributed by atoms with Crippen LogP contribution in [0.5, 0.6) is 0 Å². The molecule has 0 N–H and O–H groups in total. The van der Waals surface area contributed by atoms with E-state index in [1.54, 1.807) is 4.90 Å². The maximum absolute atomic E-state index is 12.8. The number of hydrogen-bond acceptors (Lipinski definition) is 4. The van der Waals surface area contributed by atoms with E-state index >= 15 is 0 Å². The standard InChI is InChI=1S/C18H22F3N3O4/c19-18(20,21)14-3-4-15(25)24(11-14)12-16(26)23-5-1-2-13(10-23)17(27)22-6-8-28-9-7-22/h3-4,11,13H,1-2,5-10,12H2. The van der Waals surface area contributed by atoms with Crippen LogP contribution in [0.15, 0.2) is 23.1 Å². The maximum atomic E-state index is 12.8. The first kappa shape index (κ1) is 20.4. The van der Waals surface area contributed by atoms with Crippen molar-refractivity contribution in [3.8, 4) is 0 Å². The Balaban J connectivity index is 1.66. The SMILES string of the molecule is O=C(Cn1cc(C(F)(F)F)ccc1=O)N1CCCC(C(=O)N2CCOCC2)C1. The van der Waals surface area contributed by atoms with E-state index in [0.29, 0.717) is 58.0 Å². The number of aromatic nitrogens is 1. The fourth-order valence-corrected chi connectivity index (χ4v) is 3.52. The van der Waals surface area contributed by atoms with Crippen molar-refractivity contribution in [3.05, 3.63) is 34.2 Å². The molecule has 2 saturated heterocycles. The van der Waals surface area contributed by atoms with Gasteiger partial charge in [0.05, 0.1) is 24.7 Å². The lowest BCUT2D eigenvalue weighted by Gasteiger charge is -2.36. The third-order valence-corrected chi connectivity index (χ3v) is 5.06. The Morgan fingerprint density at radius 2 is 1.82 bits per heavy atom. The number of halogens is 3. The highest BCUT2D eigenvalue weighted by Gasteiger charge is 2.33. The highest BCUT2D eigenvalue weighted by Crippen LogP contribution is 2.28. The average molecular weight is 401 g/mol. The zero-order chi connectivity index (χ0) is 20.3. The monoisotopic (exact) mass is 401 g/mol. The second-order valence-corrected chi connectivity index (χ2v) is 7.00. The number of morpholine rings is 1. The van der Waals surface area contributed by atoms with Crippen molar-refractivity contribution in [2.75, 3.05) is 39.4 Å². The Morgan fingerprint density at radius 3 is 2.50 bits per heavy atom. The predicted molar refractivity (Wildman–Crippen MR) is 92.4 cm³/mol. The molecule has 0 aromatic carbocycles. The molecule has 10 heteroatoms. The number of carbonyl (C=O) groups excluding carboxylic acids is 2. The fraction of sp³-hybridized carbons (Fsp3) is 0.611. The normalized spacial score (nSPS) is 20.9. The van der Waals surface area contributed by atoms with Gasteiger partial charge in [0.2, 0.25) is 11.8 Å². The lowest BCUT2D eigenvalue weighted by Crippen LogP contribution is -2.50. The maximum Gasteiger partial charge on any atom is 0.417 e. The van der Waals surface area contributed by atoms with Crippen LogP contribution in [0, 0.1) is 5.92 Å². The van der Waals surface area contributed by atoms with Gasteiger partial charge in [0.25, 0.3) is 5.56 Å². The molecule has 3 heterocycles. The van der Waals surface area contributed by atoms with Crippen LogP contribution in [-0.4, -0.2) is 65.6 Å². The van der Waals surface area contributed by atoms with Crippen LogP contribution in [0.1, 0.15) is 18.4 Å². The van der Waals surface area contributed by atoms with Crippen molar-refractivity contribution < 1.29 is 27.5 Å². The second-order valence-electron chi connectivity index (χ2n) is 7.00. The molecule has 7 nitrogen and oxygen atoms in total. The van der Waals surface area contributed by atoms with Crippen LogP contribution in [0.3, 0.4) is 0 Å². The van der Waals surface area contributed by atoms with Crippen LogP contribution in [0.4, 0.5) is 13.2 Å². The van der Waals surface area contributed by atoms with Crippen molar-refractivity contribution in [2.45, 2.75) is 25.6 Å². The summed E-state index contributed by atoms with van der Waals surface area (Å²) in [7, 11) is 0. The van der Waals surface area contributed by atoms with Gasteiger partial charge in [-0.2, -0.15) is 13.2 Å². The van der Waals surface area contributed by atoms with Gasteiger partial charge in [0.1, 0.15) is 6.54 Å². The number of likely N-dealkylation sites (tertiary alicyclic amines) is 1. The molecule has 154 valence electrons. The average Bonchev–Trinajstić information content (AvgIpc) is 2.69. The smallest absolute Gasteiger partial charge is 0.378 e. The Hall–Kier alpha value is -2.36. The molecule has 1 atom stereocenters. The van der Waals surface area contributed by atoms with Gasteiger partial charge in [0.15, 0.2) is 0 Å². The number of ether oxygens (including phenoxy) is 1. The number of nitrogens with zero attached hydrogens (tertiary/aromatic N) is 3. The lowest BCUT2D eigenvalue weighted by atomic mass is 9.96. The molecule has 2 aliphatic rings. The Labute approximate surface area is 159 Å². The minimum atomic E-state index is -4.60. The highest BCUT2D eigenvalue weighted by molar-refractivity contribution is 5.81. The van der Waals surface area contributed by atoms with Gasteiger partial charge in [-0.25, -0.2) is 0 Å². The molecule has 3 rings (SSSR count). The summed E-state index contributed by atoms with van der Waals surface area (Å²) in [5.74, 6) is -0.841. The molecule has 2 fully saturated rings. The zero-order valence-corrected chi connectivity index (χ0v) is 15.3. The van der Waals surface area contributed by atoms with Gasteiger partial charge in [-0.1, -0.05) is 0 Å². The van der Waals surface area contributed by atoms with Crippen LogP contribution >= 0.6 is 0 Å². The molecule has 1 unspecified atom stereocenters. The van der Waals surface area contributed by atoms with E-state index in [2.05, 4.69) is 0 Å². The highest BCUT2D eigenvalue weighted by atomic mass is 19.4. The first-order chi connectivity index (χ1) is 13.3. The number of alkyl halides is 3. The summed E-state index contributed by atoms with van der Waals surface area (Å²) in [6.45, 7) is 2.15. The van der Waals surface area contributed by atoms with Gasteiger partial charge < -0.3 is 19.1 Å². The molecular weight excluding hydrogens is 379 g/mol. The summed E-state index contributed by atoms with van der Waals surface area (Å²) in [5, 5.41) is 0. The Kier molecular flexibility index (Phi) is 6.07. The number of pyridine rings is 1. The third-order valence-electron chi connectivity index (χ3n) is 5.06. The molecule has 2 aliphatic heterocycles. The number of piperidine rings is 1. The summed E-state index contributed by atoms with van der Waals surface area (Å²) in [6, 6.07) is 1.50. The van der Waals surface area contributed by atoms with Crippen LogP contribution in [0.2, 0.25) is 0 Å².